The third-order valence-electron chi connectivity index (χ3n) is 4.53. The van der Waals surface area contributed by atoms with Crippen LogP contribution in [0.5, 0.6) is 0 Å². The SMILES string of the molecule is CCC(=O)N(C)c1ccc(-c2ccc(C(=O)Cc3ccn[nH]3)nc2)cc1C. The second kappa shape index (κ2) is 7.95. The maximum Gasteiger partial charge on any atom is 0.226 e. The molecule has 138 valence electrons. The van der Waals surface area contributed by atoms with Gasteiger partial charge in [0.05, 0.1) is 6.42 Å². The molecule has 0 unspecified atom stereocenters. The predicted octanol–water partition coefficient (Wildman–Crippen LogP) is 3.58. The number of ketones is 1. The Bertz CT molecular complexity index is 947. The van der Waals surface area contributed by atoms with Crippen molar-refractivity contribution in [3.05, 3.63) is 65.7 Å². The second-order valence-corrected chi connectivity index (χ2v) is 6.42. The fraction of sp³-hybridized carbons (Fsp3) is 0.238. The smallest absolute Gasteiger partial charge is 0.226 e. The van der Waals surface area contributed by atoms with Gasteiger partial charge in [0, 0.05) is 42.8 Å². The lowest BCUT2D eigenvalue weighted by Crippen LogP contribution is -2.25. The highest BCUT2D eigenvalue weighted by atomic mass is 16.2. The van der Waals surface area contributed by atoms with Crippen molar-refractivity contribution in [3.8, 4) is 11.1 Å². The Balaban J connectivity index is 1.78. The molecule has 2 aromatic heterocycles. The lowest BCUT2D eigenvalue weighted by atomic mass is 10.0. The first kappa shape index (κ1) is 18.5. The van der Waals surface area contributed by atoms with Gasteiger partial charge in [0.1, 0.15) is 5.69 Å². The van der Waals surface area contributed by atoms with E-state index in [1.54, 1.807) is 36.5 Å². The van der Waals surface area contributed by atoms with Crippen LogP contribution >= 0.6 is 0 Å². The minimum atomic E-state index is -0.0583. The number of pyridine rings is 1. The minimum Gasteiger partial charge on any atom is -0.315 e. The number of hydrogen-bond acceptors (Lipinski definition) is 4. The summed E-state index contributed by atoms with van der Waals surface area (Å²) in [5, 5.41) is 6.63. The van der Waals surface area contributed by atoms with Gasteiger partial charge in [-0.15, -0.1) is 0 Å². The number of anilines is 1. The highest BCUT2D eigenvalue weighted by Gasteiger charge is 2.13. The molecule has 0 radical (unpaired) electrons. The molecule has 0 aliphatic rings. The van der Waals surface area contributed by atoms with Crippen molar-refractivity contribution in [2.45, 2.75) is 26.7 Å². The topological polar surface area (TPSA) is 79.0 Å². The Labute approximate surface area is 158 Å². The number of nitrogens with one attached hydrogen (secondary N) is 1. The number of nitrogens with zero attached hydrogens (tertiary/aromatic N) is 3. The van der Waals surface area contributed by atoms with Crippen molar-refractivity contribution in [2.24, 2.45) is 0 Å². The van der Waals surface area contributed by atoms with Crippen molar-refractivity contribution in [1.29, 1.82) is 0 Å². The highest BCUT2D eigenvalue weighted by Crippen LogP contribution is 2.27. The summed E-state index contributed by atoms with van der Waals surface area (Å²) in [6, 6.07) is 11.3. The van der Waals surface area contributed by atoms with Crippen LogP contribution < -0.4 is 4.90 Å². The maximum atomic E-state index is 12.3. The van der Waals surface area contributed by atoms with E-state index in [-0.39, 0.29) is 18.1 Å². The molecule has 6 heteroatoms. The van der Waals surface area contributed by atoms with Gasteiger partial charge < -0.3 is 4.90 Å². The number of amides is 1. The number of rotatable bonds is 6. The van der Waals surface area contributed by atoms with Crippen LogP contribution in [0.25, 0.3) is 11.1 Å². The summed E-state index contributed by atoms with van der Waals surface area (Å²) in [6.45, 7) is 3.83. The van der Waals surface area contributed by atoms with E-state index in [0.29, 0.717) is 12.1 Å². The van der Waals surface area contributed by atoms with Crippen molar-refractivity contribution in [1.82, 2.24) is 15.2 Å². The van der Waals surface area contributed by atoms with Crippen LogP contribution in [0.3, 0.4) is 0 Å². The van der Waals surface area contributed by atoms with E-state index in [9.17, 15) is 9.59 Å². The van der Waals surface area contributed by atoms with E-state index in [1.807, 2.05) is 38.1 Å². The Morgan fingerprint density at radius 2 is 1.89 bits per heavy atom. The van der Waals surface area contributed by atoms with Gasteiger partial charge in [0.25, 0.3) is 0 Å². The molecule has 1 amide bonds. The van der Waals surface area contributed by atoms with Gasteiger partial charge in [0.15, 0.2) is 5.78 Å². The van der Waals surface area contributed by atoms with Crippen LogP contribution in [0.1, 0.15) is 35.1 Å². The summed E-state index contributed by atoms with van der Waals surface area (Å²) in [5.41, 5.74) is 5.01. The van der Waals surface area contributed by atoms with E-state index < -0.39 is 0 Å². The molecule has 3 rings (SSSR count). The highest BCUT2D eigenvalue weighted by molar-refractivity contribution is 5.96. The molecule has 0 saturated carbocycles. The Morgan fingerprint density at radius 1 is 1.11 bits per heavy atom. The van der Waals surface area contributed by atoms with Crippen LogP contribution in [0.4, 0.5) is 5.69 Å². The quantitative estimate of drug-likeness (QED) is 0.680. The first-order valence-electron chi connectivity index (χ1n) is 8.84. The number of Topliss-reactive ketones (excluding diaryl/α,β-unsaturated/α-hetero) is 1. The zero-order chi connectivity index (χ0) is 19.4. The fourth-order valence-electron chi connectivity index (χ4n) is 2.96. The van der Waals surface area contributed by atoms with Crippen LogP contribution in [0.15, 0.2) is 48.8 Å². The molecular weight excluding hydrogens is 340 g/mol. The Morgan fingerprint density at radius 3 is 2.48 bits per heavy atom. The number of carbonyl (C=O) groups excluding carboxylic acids is 2. The molecule has 0 spiro atoms. The van der Waals surface area contributed by atoms with Gasteiger partial charge in [0.2, 0.25) is 5.91 Å². The van der Waals surface area contributed by atoms with Crippen molar-refractivity contribution >= 4 is 17.4 Å². The molecule has 6 nitrogen and oxygen atoms in total. The van der Waals surface area contributed by atoms with Crippen LogP contribution in [-0.2, 0) is 11.2 Å². The molecule has 1 N–H and O–H groups in total. The summed E-state index contributed by atoms with van der Waals surface area (Å²) in [7, 11) is 1.79. The lowest BCUT2D eigenvalue weighted by molar-refractivity contribution is -0.118. The van der Waals surface area contributed by atoms with E-state index in [2.05, 4.69) is 15.2 Å². The molecular formula is C21H22N4O2. The third-order valence-corrected chi connectivity index (χ3v) is 4.53. The summed E-state index contributed by atoms with van der Waals surface area (Å²) in [5.74, 6) is 0.0182. The molecule has 2 heterocycles. The number of benzene rings is 1. The monoisotopic (exact) mass is 362 g/mol. The summed E-state index contributed by atoms with van der Waals surface area (Å²) in [4.78, 5) is 30.2. The number of aryl methyl sites for hydroxylation is 1. The van der Waals surface area contributed by atoms with E-state index in [0.717, 1.165) is 28.1 Å². The Kier molecular flexibility index (Phi) is 5.45. The van der Waals surface area contributed by atoms with Crippen molar-refractivity contribution in [2.75, 3.05) is 11.9 Å². The third kappa shape index (κ3) is 4.11. The second-order valence-electron chi connectivity index (χ2n) is 6.42. The predicted molar refractivity (Wildman–Crippen MR) is 105 cm³/mol. The van der Waals surface area contributed by atoms with E-state index >= 15 is 0 Å². The van der Waals surface area contributed by atoms with Gasteiger partial charge >= 0.3 is 0 Å². The molecule has 0 saturated heterocycles. The zero-order valence-electron chi connectivity index (χ0n) is 15.7. The number of aromatic nitrogens is 3. The molecule has 0 aliphatic heterocycles. The number of H-pyrrole nitrogens is 1. The summed E-state index contributed by atoms with van der Waals surface area (Å²) < 4.78 is 0. The average molecular weight is 362 g/mol. The van der Waals surface area contributed by atoms with Crippen LogP contribution in [0, 0.1) is 6.92 Å². The number of hydrogen-bond donors (Lipinski definition) is 1. The van der Waals surface area contributed by atoms with Gasteiger partial charge in [-0.25, -0.2) is 0 Å². The maximum absolute atomic E-state index is 12.3. The molecule has 1 aromatic carbocycles. The molecule has 0 bridgehead atoms. The van der Waals surface area contributed by atoms with Crippen LogP contribution in [0.2, 0.25) is 0 Å². The first-order chi connectivity index (χ1) is 13.0. The first-order valence-corrected chi connectivity index (χ1v) is 8.84. The van der Waals surface area contributed by atoms with Gasteiger partial charge in [-0.05, 0) is 42.3 Å². The number of aromatic amines is 1. The van der Waals surface area contributed by atoms with E-state index in [1.165, 1.54) is 0 Å². The largest absolute Gasteiger partial charge is 0.315 e. The molecule has 0 fully saturated rings. The fourth-order valence-corrected chi connectivity index (χ4v) is 2.96. The molecule has 0 aliphatic carbocycles. The molecule has 27 heavy (non-hydrogen) atoms. The Hall–Kier alpha value is -3.28. The minimum absolute atomic E-state index is 0.0583. The normalized spacial score (nSPS) is 10.6. The summed E-state index contributed by atoms with van der Waals surface area (Å²) >= 11 is 0. The van der Waals surface area contributed by atoms with Crippen molar-refractivity contribution < 1.29 is 9.59 Å². The van der Waals surface area contributed by atoms with Gasteiger partial charge in [-0.1, -0.05) is 19.1 Å². The van der Waals surface area contributed by atoms with E-state index in [4.69, 9.17) is 0 Å². The summed E-state index contributed by atoms with van der Waals surface area (Å²) in [6.07, 6.45) is 4.04. The van der Waals surface area contributed by atoms with Gasteiger partial charge in [-0.3, -0.25) is 19.7 Å². The van der Waals surface area contributed by atoms with Gasteiger partial charge in [-0.2, -0.15) is 5.10 Å². The lowest BCUT2D eigenvalue weighted by Gasteiger charge is -2.19. The van der Waals surface area contributed by atoms with Crippen LogP contribution in [-0.4, -0.2) is 33.9 Å². The number of carbonyl (C=O) groups is 2. The van der Waals surface area contributed by atoms with Crippen molar-refractivity contribution in [3.63, 3.8) is 0 Å². The zero-order valence-corrected chi connectivity index (χ0v) is 15.7. The molecule has 0 atom stereocenters. The molecule has 3 aromatic rings. The standard InChI is InChI=1S/C21H22N4O2/c1-4-21(27)25(3)19-8-6-15(11-14(19)2)16-5-7-18(22-13-16)20(26)12-17-9-10-23-24-17/h5-11,13H,4,12H2,1-3H3,(H,23,24). The average Bonchev–Trinajstić information content (AvgIpc) is 3.19.